The third-order valence-electron chi connectivity index (χ3n) is 4.55. The first-order valence-corrected chi connectivity index (χ1v) is 9.24. The maximum absolute atomic E-state index is 5.84. The molecular weight excluding hydrogens is 330 g/mol. The summed E-state index contributed by atoms with van der Waals surface area (Å²) < 4.78 is 16.8. The first-order chi connectivity index (χ1) is 12.5. The molecule has 2 aromatic rings. The molecule has 1 aromatic carbocycles. The molecule has 0 aliphatic carbocycles. The van der Waals surface area contributed by atoms with Crippen LogP contribution in [0.3, 0.4) is 0 Å². The van der Waals surface area contributed by atoms with Gasteiger partial charge in [-0.25, -0.2) is 0 Å². The van der Waals surface area contributed by atoms with Crippen molar-refractivity contribution in [2.24, 2.45) is 0 Å². The van der Waals surface area contributed by atoms with E-state index in [0.29, 0.717) is 18.3 Å². The van der Waals surface area contributed by atoms with E-state index in [-0.39, 0.29) is 11.5 Å². The third-order valence-corrected chi connectivity index (χ3v) is 4.55. The first-order valence-electron chi connectivity index (χ1n) is 9.24. The Kier molecular flexibility index (Phi) is 5.94. The summed E-state index contributed by atoms with van der Waals surface area (Å²) in [5.41, 5.74) is 1.00. The molecule has 6 heteroatoms. The van der Waals surface area contributed by atoms with E-state index in [2.05, 4.69) is 41.9 Å². The highest BCUT2D eigenvalue weighted by Crippen LogP contribution is 2.23. The number of hydrogen-bond donors (Lipinski definition) is 0. The molecule has 1 saturated heterocycles. The summed E-state index contributed by atoms with van der Waals surface area (Å²) in [6.45, 7) is 9.29. The fourth-order valence-electron chi connectivity index (χ4n) is 3.16. The van der Waals surface area contributed by atoms with Crippen LogP contribution in [-0.4, -0.2) is 41.4 Å². The lowest BCUT2D eigenvalue weighted by atomic mass is 9.97. The van der Waals surface area contributed by atoms with Crippen LogP contribution in [0.4, 0.5) is 0 Å². The van der Waals surface area contributed by atoms with Gasteiger partial charge in [-0.05, 0) is 18.9 Å². The predicted molar refractivity (Wildman–Crippen MR) is 99.1 cm³/mol. The maximum atomic E-state index is 5.84. The number of para-hydroxylation sites is 1. The predicted octanol–water partition coefficient (Wildman–Crippen LogP) is 3.56. The Balaban J connectivity index is 1.75. The fourth-order valence-corrected chi connectivity index (χ4v) is 3.16. The monoisotopic (exact) mass is 359 g/mol. The molecule has 1 aliphatic rings. The highest BCUT2D eigenvalue weighted by Gasteiger charge is 2.24. The Morgan fingerprint density at radius 1 is 1.23 bits per heavy atom. The van der Waals surface area contributed by atoms with Crippen LogP contribution in [0.1, 0.15) is 50.9 Å². The summed E-state index contributed by atoms with van der Waals surface area (Å²) in [5, 5.41) is 4.18. The van der Waals surface area contributed by atoms with Gasteiger partial charge >= 0.3 is 0 Å². The topological polar surface area (TPSA) is 60.6 Å². The minimum atomic E-state index is -0.146. The Labute approximate surface area is 155 Å². The van der Waals surface area contributed by atoms with E-state index in [1.807, 2.05) is 18.2 Å². The lowest BCUT2D eigenvalue weighted by Gasteiger charge is -2.24. The molecule has 1 aliphatic heterocycles. The zero-order valence-corrected chi connectivity index (χ0v) is 16.2. The van der Waals surface area contributed by atoms with Crippen LogP contribution >= 0.6 is 0 Å². The number of aromatic nitrogens is 2. The maximum Gasteiger partial charge on any atom is 0.232 e. The van der Waals surface area contributed by atoms with Gasteiger partial charge < -0.3 is 14.0 Å². The smallest absolute Gasteiger partial charge is 0.232 e. The van der Waals surface area contributed by atoms with Gasteiger partial charge in [0, 0.05) is 30.7 Å². The van der Waals surface area contributed by atoms with Crippen LogP contribution in [0.15, 0.2) is 28.8 Å². The van der Waals surface area contributed by atoms with E-state index in [1.165, 1.54) is 0 Å². The SMILES string of the molecule is COc1ccccc1CN(Cc1noc(C(C)(C)C)n1)C[C@H]1CCCO1. The van der Waals surface area contributed by atoms with E-state index in [1.54, 1.807) is 7.11 Å². The standard InChI is InChI=1S/C20H29N3O3/c1-20(2,3)19-21-18(22-26-19)14-23(13-16-9-7-11-25-16)12-15-8-5-6-10-17(15)24-4/h5-6,8,10,16H,7,9,11-14H2,1-4H3/t16-/m1/s1. The van der Waals surface area contributed by atoms with Crippen LogP contribution in [0.2, 0.25) is 0 Å². The number of hydrogen-bond acceptors (Lipinski definition) is 6. The Bertz CT molecular complexity index is 702. The van der Waals surface area contributed by atoms with E-state index in [4.69, 9.17) is 14.0 Å². The summed E-state index contributed by atoms with van der Waals surface area (Å²) in [6.07, 6.45) is 2.49. The van der Waals surface area contributed by atoms with Gasteiger partial charge in [-0.15, -0.1) is 0 Å². The summed E-state index contributed by atoms with van der Waals surface area (Å²) in [4.78, 5) is 6.90. The van der Waals surface area contributed by atoms with Crippen LogP contribution in [0.25, 0.3) is 0 Å². The second-order valence-electron chi connectivity index (χ2n) is 7.88. The summed E-state index contributed by atoms with van der Waals surface area (Å²) >= 11 is 0. The number of benzene rings is 1. The highest BCUT2D eigenvalue weighted by molar-refractivity contribution is 5.33. The largest absolute Gasteiger partial charge is 0.496 e. The first kappa shape index (κ1) is 18.9. The Morgan fingerprint density at radius 3 is 2.69 bits per heavy atom. The molecule has 1 atom stereocenters. The van der Waals surface area contributed by atoms with Gasteiger partial charge in [-0.2, -0.15) is 4.98 Å². The number of ether oxygens (including phenoxy) is 2. The van der Waals surface area contributed by atoms with Crippen molar-refractivity contribution in [2.75, 3.05) is 20.3 Å². The van der Waals surface area contributed by atoms with Crippen molar-refractivity contribution in [1.82, 2.24) is 15.0 Å². The fraction of sp³-hybridized carbons (Fsp3) is 0.600. The molecule has 1 aromatic heterocycles. The second-order valence-corrected chi connectivity index (χ2v) is 7.88. The number of nitrogens with zero attached hydrogens (tertiary/aromatic N) is 3. The molecule has 0 N–H and O–H groups in total. The van der Waals surface area contributed by atoms with Crippen LogP contribution in [0.5, 0.6) is 5.75 Å². The number of methoxy groups -OCH3 is 1. The van der Waals surface area contributed by atoms with Gasteiger partial charge in [0.25, 0.3) is 0 Å². The lowest BCUT2D eigenvalue weighted by Crippen LogP contribution is -2.32. The molecule has 142 valence electrons. The van der Waals surface area contributed by atoms with Crippen molar-refractivity contribution >= 4 is 0 Å². The van der Waals surface area contributed by atoms with Crippen LogP contribution in [0, 0.1) is 0 Å². The third kappa shape index (κ3) is 4.83. The summed E-state index contributed by atoms with van der Waals surface area (Å²) in [5.74, 6) is 2.28. The highest BCUT2D eigenvalue weighted by atomic mass is 16.5. The Hall–Kier alpha value is -1.92. The van der Waals surface area contributed by atoms with Crippen molar-refractivity contribution in [1.29, 1.82) is 0 Å². The van der Waals surface area contributed by atoms with Crippen molar-refractivity contribution in [3.63, 3.8) is 0 Å². The van der Waals surface area contributed by atoms with Crippen molar-refractivity contribution < 1.29 is 14.0 Å². The molecule has 0 bridgehead atoms. The molecule has 0 spiro atoms. The van der Waals surface area contributed by atoms with Gasteiger partial charge in [0.05, 0.1) is 19.8 Å². The minimum absolute atomic E-state index is 0.146. The lowest BCUT2D eigenvalue weighted by molar-refractivity contribution is 0.0664. The molecule has 2 heterocycles. The van der Waals surface area contributed by atoms with Crippen LogP contribution < -0.4 is 4.74 Å². The molecule has 0 radical (unpaired) electrons. The Morgan fingerprint density at radius 2 is 2.04 bits per heavy atom. The normalized spacial score (nSPS) is 17.8. The molecule has 0 saturated carbocycles. The molecule has 1 fully saturated rings. The van der Waals surface area contributed by atoms with Gasteiger partial charge in [-0.3, -0.25) is 4.90 Å². The zero-order chi connectivity index (χ0) is 18.6. The van der Waals surface area contributed by atoms with E-state index >= 15 is 0 Å². The molecule has 3 rings (SSSR count). The quantitative estimate of drug-likeness (QED) is 0.753. The van der Waals surface area contributed by atoms with E-state index < -0.39 is 0 Å². The zero-order valence-electron chi connectivity index (χ0n) is 16.2. The van der Waals surface area contributed by atoms with Gasteiger partial charge in [-0.1, -0.05) is 44.1 Å². The summed E-state index contributed by atoms with van der Waals surface area (Å²) in [6, 6.07) is 8.11. The minimum Gasteiger partial charge on any atom is -0.496 e. The van der Waals surface area contributed by atoms with E-state index in [9.17, 15) is 0 Å². The van der Waals surface area contributed by atoms with Gasteiger partial charge in [0.2, 0.25) is 5.89 Å². The van der Waals surface area contributed by atoms with Gasteiger partial charge in [0.1, 0.15) is 5.75 Å². The average Bonchev–Trinajstić information content (AvgIpc) is 3.27. The molecular formula is C20H29N3O3. The van der Waals surface area contributed by atoms with Gasteiger partial charge in [0.15, 0.2) is 5.82 Å². The van der Waals surface area contributed by atoms with Crippen molar-refractivity contribution in [3.8, 4) is 5.75 Å². The van der Waals surface area contributed by atoms with Crippen molar-refractivity contribution in [3.05, 3.63) is 41.5 Å². The second kappa shape index (κ2) is 8.18. The van der Waals surface area contributed by atoms with Crippen molar-refractivity contribution in [2.45, 2.75) is 58.2 Å². The molecule has 0 unspecified atom stereocenters. The summed E-state index contributed by atoms with van der Waals surface area (Å²) in [7, 11) is 1.71. The average molecular weight is 359 g/mol. The molecule has 6 nitrogen and oxygen atoms in total. The molecule has 26 heavy (non-hydrogen) atoms. The number of rotatable bonds is 7. The van der Waals surface area contributed by atoms with E-state index in [0.717, 1.165) is 43.9 Å². The van der Waals surface area contributed by atoms with Crippen LogP contribution in [-0.2, 0) is 23.2 Å². The molecule has 0 amide bonds.